The number of likely N-dealkylation sites (N-methyl/N-ethyl adjacent to an activating group) is 1. The molecule has 2 N–H and O–H groups in total. The Morgan fingerprint density at radius 1 is 1.28 bits per heavy atom. The van der Waals surface area contributed by atoms with Crippen molar-refractivity contribution in [2.24, 2.45) is 0 Å². The number of fused-ring (bicyclic) bond motifs is 1. The summed E-state index contributed by atoms with van der Waals surface area (Å²) in [7, 11) is 1.99. The van der Waals surface area contributed by atoms with Crippen molar-refractivity contribution >= 4 is 22.2 Å². The first-order valence-corrected chi connectivity index (χ1v) is 7.05. The highest BCUT2D eigenvalue weighted by Gasteiger charge is 2.05. The molecule has 0 bridgehead atoms. The second kappa shape index (κ2) is 4.96. The summed E-state index contributed by atoms with van der Waals surface area (Å²) in [4.78, 5) is 4.70. The van der Waals surface area contributed by atoms with Gasteiger partial charge in [-0.15, -0.1) is 11.3 Å². The summed E-state index contributed by atoms with van der Waals surface area (Å²) in [6.07, 6.45) is 3.19. The molecule has 0 aliphatic carbocycles. The van der Waals surface area contributed by atoms with Gasteiger partial charge in [-0.25, -0.2) is 0 Å². The molecule has 0 saturated carbocycles. The lowest BCUT2D eigenvalue weighted by Crippen LogP contribution is -2.09. The fourth-order valence-electron chi connectivity index (χ4n) is 2.25. The van der Waals surface area contributed by atoms with Crippen molar-refractivity contribution in [3.8, 4) is 10.4 Å². The van der Waals surface area contributed by atoms with E-state index >= 15 is 0 Å². The van der Waals surface area contributed by atoms with Gasteiger partial charge in [-0.3, -0.25) is 0 Å². The molecule has 2 nitrogen and oxygen atoms in total. The first kappa shape index (κ1) is 11.5. The van der Waals surface area contributed by atoms with E-state index in [4.69, 9.17) is 0 Å². The zero-order valence-electron chi connectivity index (χ0n) is 10.4. The highest BCUT2D eigenvalue weighted by atomic mass is 32.1. The molecule has 3 heteroatoms. The van der Waals surface area contributed by atoms with Crippen molar-refractivity contribution < 1.29 is 0 Å². The van der Waals surface area contributed by atoms with Crippen molar-refractivity contribution in [1.82, 2.24) is 10.3 Å². The highest BCUT2D eigenvalue weighted by molar-refractivity contribution is 7.13. The maximum atomic E-state index is 3.38. The van der Waals surface area contributed by atoms with Crippen LogP contribution in [0.4, 0.5) is 0 Å². The van der Waals surface area contributed by atoms with Gasteiger partial charge in [0.25, 0.3) is 0 Å². The first-order chi connectivity index (χ1) is 8.88. The van der Waals surface area contributed by atoms with E-state index in [1.165, 1.54) is 26.9 Å². The molecule has 2 heterocycles. The lowest BCUT2D eigenvalue weighted by atomic mass is 10.1. The zero-order valence-corrected chi connectivity index (χ0v) is 11.2. The number of aromatic amines is 1. The van der Waals surface area contributed by atoms with E-state index in [0.29, 0.717) is 0 Å². The van der Waals surface area contributed by atoms with Gasteiger partial charge in [0, 0.05) is 22.0 Å². The van der Waals surface area contributed by atoms with E-state index in [0.717, 1.165) is 13.0 Å². The predicted molar refractivity (Wildman–Crippen MR) is 79.2 cm³/mol. The molecule has 3 rings (SSSR count). The van der Waals surface area contributed by atoms with Crippen LogP contribution in [-0.4, -0.2) is 18.6 Å². The number of thiophene rings is 1. The number of hydrogen-bond donors (Lipinski definition) is 2. The average Bonchev–Trinajstić information content (AvgIpc) is 3.05. The Kier molecular flexibility index (Phi) is 3.17. The summed E-state index contributed by atoms with van der Waals surface area (Å²) in [6, 6.07) is 10.9. The van der Waals surface area contributed by atoms with E-state index in [1.807, 2.05) is 7.05 Å². The van der Waals surface area contributed by atoms with Gasteiger partial charge >= 0.3 is 0 Å². The van der Waals surface area contributed by atoms with Crippen LogP contribution in [0.3, 0.4) is 0 Å². The van der Waals surface area contributed by atoms with Gasteiger partial charge in [0.2, 0.25) is 0 Å². The molecule has 0 amide bonds. The molecule has 0 fully saturated rings. The molecule has 0 spiro atoms. The Morgan fingerprint density at radius 3 is 3.00 bits per heavy atom. The summed E-state index contributed by atoms with van der Waals surface area (Å²) in [5.74, 6) is 0. The topological polar surface area (TPSA) is 27.8 Å². The van der Waals surface area contributed by atoms with Crippen LogP contribution in [0.1, 0.15) is 5.56 Å². The van der Waals surface area contributed by atoms with Gasteiger partial charge < -0.3 is 10.3 Å². The largest absolute Gasteiger partial charge is 0.361 e. The minimum atomic E-state index is 1.01. The molecular weight excluding hydrogens is 240 g/mol. The summed E-state index contributed by atoms with van der Waals surface area (Å²) >= 11 is 1.78. The molecule has 92 valence electrons. The van der Waals surface area contributed by atoms with Crippen LogP contribution in [0.25, 0.3) is 21.3 Å². The van der Waals surface area contributed by atoms with Crippen LogP contribution in [0.15, 0.2) is 41.9 Å². The molecule has 0 aliphatic rings. The van der Waals surface area contributed by atoms with Crippen LogP contribution < -0.4 is 5.32 Å². The first-order valence-electron chi connectivity index (χ1n) is 6.17. The Balaban J connectivity index is 1.99. The second-order valence-electron chi connectivity index (χ2n) is 4.41. The average molecular weight is 256 g/mol. The van der Waals surface area contributed by atoms with Gasteiger partial charge in [-0.2, -0.15) is 0 Å². The smallest absolute Gasteiger partial charge is 0.0463 e. The van der Waals surface area contributed by atoms with E-state index in [1.54, 1.807) is 11.3 Å². The SMILES string of the molecule is CNCCc1c[nH]c2cc(-c3cccs3)ccc12. The molecule has 3 aromatic rings. The van der Waals surface area contributed by atoms with Gasteiger partial charge in [-0.05, 0) is 48.7 Å². The van der Waals surface area contributed by atoms with Crippen LogP contribution in [0.5, 0.6) is 0 Å². The molecule has 0 unspecified atom stereocenters. The monoisotopic (exact) mass is 256 g/mol. The molecule has 0 radical (unpaired) electrons. The zero-order chi connectivity index (χ0) is 12.4. The highest BCUT2D eigenvalue weighted by Crippen LogP contribution is 2.28. The number of rotatable bonds is 4. The van der Waals surface area contributed by atoms with Crippen molar-refractivity contribution in [2.75, 3.05) is 13.6 Å². The number of nitrogens with one attached hydrogen (secondary N) is 2. The maximum absolute atomic E-state index is 3.38. The number of benzene rings is 1. The summed E-state index contributed by atoms with van der Waals surface area (Å²) in [5, 5.41) is 6.65. The van der Waals surface area contributed by atoms with Crippen molar-refractivity contribution in [3.05, 3.63) is 47.5 Å². The van der Waals surface area contributed by atoms with Crippen molar-refractivity contribution in [2.45, 2.75) is 6.42 Å². The molecule has 2 aromatic heterocycles. The van der Waals surface area contributed by atoms with Crippen LogP contribution in [0, 0.1) is 0 Å². The minimum absolute atomic E-state index is 1.01. The van der Waals surface area contributed by atoms with Crippen molar-refractivity contribution in [1.29, 1.82) is 0 Å². The normalized spacial score (nSPS) is 11.2. The molecule has 0 atom stereocenters. The molecule has 1 aromatic carbocycles. The van der Waals surface area contributed by atoms with Crippen molar-refractivity contribution in [3.63, 3.8) is 0 Å². The Labute approximate surface area is 111 Å². The predicted octanol–water partition coefficient (Wildman–Crippen LogP) is 3.66. The lowest BCUT2D eigenvalue weighted by molar-refractivity contribution is 0.795. The number of H-pyrrole nitrogens is 1. The molecule has 0 saturated heterocycles. The van der Waals surface area contributed by atoms with Gasteiger partial charge in [0.05, 0.1) is 0 Å². The maximum Gasteiger partial charge on any atom is 0.0463 e. The number of hydrogen-bond acceptors (Lipinski definition) is 2. The van der Waals surface area contributed by atoms with Crippen LogP contribution in [-0.2, 0) is 6.42 Å². The third-order valence-corrected chi connectivity index (χ3v) is 4.14. The molecule has 0 aliphatic heterocycles. The number of aromatic nitrogens is 1. The Hall–Kier alpha value is -1.58. The third-order valence-electron chi connectivity index (χ3n) is 3.22. The Morgan fingerprint density at radius 2 is 2.22 bits per heavy atom. The summed E-state index contributed by atoms with van der Waals surface area (Å²) in [5.41, 5.74) is 3.91. The molecular formula is C15H16N2S. The molecule has 18 heavy (non-hydrogen) atoms. The van der Waals surface area contributed by atoms with E-state index in [2.05, 4.69) is 52.2 Å². The fourth-order valence-corrected chi connectivity index (χ4v) is 2.97. The van der Waals surface area contributed by atoms with E-state index in [-0.39, 0.29) is 0 Å². The minimum Gasteiger partial charge on any atom is -0.361 e. The Bertz CT molecular complexity index is 638. The summed E-state index contributed by atoms with van der Waals surface area (Å²) in [6.45, 7) is 1.01. The van der Waals surface area contributed by atoms with Gasteiger partial charge in [-0.1, -0.05) is 18.2 Å². The van der Waals surface area contributed by atoms with Gasteiger partial charge in [0.1, 0.15) is 0 Å². The quantitative estimate of drug-likeness (QED) is 0.732. The van der Waals surface area contributed by atoms with E-state index in [9.17, 15) is 0 Å². The third kappa shape index (κ3) is 2.07. The van der Waals surface area contributed by atoms with E-state index < -0.39 is 0 Å². The van der Waals surface area contributed by atoms with Gasteiger partial charge in [0.15, 0.2) is 0 Å². The second-order valence-corrected chi connectivity index (χ2v) is 5.35. The lowest BCUT2D eigenvalue weighted by Gasteiger charge is -2.00. The summed E-state index contributed by atoms with van der Waals surface area (Å²) < 4.78 is 0. The standard InChI is InChI=1S/C15H16N2S/c1-16-7-6-12-10-17-14-9-11(4-5-13(12)14)15-3-2-8-18-15/h2-5,8-10,16-17H,6-7H2,1H3. The van der Waals surface area contributed by atoms with Crippen LogP contribution in [0.2, 0.25) is 0 Å². The van der Waals surface area contributed by atoms with Crippen LogP contribution >= 0.6 is 11.3 Å². The fraction of sp³-hybridized carbons (Fsp3) is 0.200.